The largest absolute Gasteiger partial charge is 0.368 e. The summed E-state index contributed by atoms with van der Waals surface area (Å²) in [5.41, 5.74) is 3.38. The van der Waals surface area contributed by atoms with Gasteiger partial charge in [0, 0.05) is 44.0 Å². The molecule has 5 nitrogen and oxygen atoms in total. The van der Waals surface area contributed by atoms with Gasteiger partial charge in [-0.05, 0) is 30.7 Å². The summed E-state index contributed by atoms with van der Waals surface area (Å²) < 4.78 is 0. The quantitative estimate of drug-likeness (QED) is 0.632. The third-order valence-corrected chi connectivity index (χ3v) is 4.43. The summed E-state index contributed by atoms with van der Waals surface area (Å²) in [5.74, 6) is 0. The topological polar surface area (TPSA) is 49.6 Å². The normalized spacial score (nSPS) is 14.9. The van der Waals surface area contributed by atoms with Crippen molar-refractivity contribution in [2.75, 3.05) is 36.0 Å². The molecule has 23 heavy (non-hydrogen) atoms. The standard InChI is InChI=1S/C17H18ClN3O2/c1-13-3-2-4-14(11-13)19-7-9-20(10-8-19)17-6-5-15(21(22)23)12-16(17)18/h2-6,11-12H,7-10H2,1H3. The lowest BCUT2D eigenvalue weighted by Gasteiger charge is -2.37. The second-order valence-corrected chi connectivity index (χ2v) is 6.11. The molecule has 0 spiro atoms. The average molecular weight is 332 g/mol. The summed E-state index contributed by atoms with van der Waals surface area (Å²) in [6, 6.07) is 13.2. The molecule has 1 aliphatic heterocycles. The van der Waals surface area contributed by atoms with Gasteiger partial charge in [-0.1, -0.05) is 23.7 Å². The molecular formula is C17H18ClN3O2. The zero-order valence-corrected chi connectivity index (χ0v) is 13.7. The third-order valence-electron chi connectivity index (χ3n) is 4.13. The van der Waals surface area contributed by atoms with Gasteiger partial charge in [-0.3, -0.25) is 10.1 Å². The Morgan fingerprint density at radius 2 is 1.74 bits per heavy atom. The van der Waals surface area contributed by atoms with Gasteiger partial charge in [-0.2, -0.15) is 0 Å². The van der Waals surface area contributed by atoms with Crippen molar-refractivity contribution in [2.45, 2.75) is 6.92 Å². The van der Waals surface area contributed by atoms with Crippen LogP contribution in [-0.2, 0) is 0 Å². The lowest BCUT2D eigenvalue weighted by atomic mass is 10.2. The Hall–Kier alpha value is -2.27. The molecule has 0 amide bonds. The van der Waals surface area contributed by atoms with E-state index in [4.69, 9.17) is 11.6 Å². The summed E-state index contributed by atoms with van der Waals surface area (Å²) >= 11 is 6.22. The third kappa shape index (κ3) is 3.40. The highest BCUT2D eigenvalue weighted by molar-refractivity contribution is 6.33. The van der Waals surface area contributed by atoms with Gasteiger partial charge in [0.15, 0.2) is 0 Å². The summed E-state index contributed by atoms with van der Waals surface area (Å²) in [5, 5.41) is 11.2. The monoisotopic (exact) mass is 331 g/mol. The van der Waals surface area contributed by atoms with E-state index in [1.54, 1.807) is 6.07 Å². The van der Waals surface area contributed by atoms with E-state index in [1.807, 2.05) is 0 Å². The Morgan fingerprint density at radius 1 is 1.04 bits per heavy atom. The molecule has 0 aromatic heterocycles. The number of hydrogen-bond donors (Lipinski definition) is 0. The molecule has 1 saturated heterocycles. The molecule has 0 radical (unpaired) electrons. The van der Waals surface area contributed by atoms with Gasteiger partial charge in [0.25, 0.3) is 5.69 Å². The highest BCUT2D eigenvalue weighted by atomic mass is 35.5. The van der Waals surface area contributed by atoms with Gasteiger partial charge in [-0.15, -0.1) is 0 Å². The van der Waals surface area contributed by atoms with Crippen LogP contribution >= 0.6 is 11.6 Å². The molecule has 2 aromatic rings. The maximum absolute atomic E-state index is 10.8. The predicted octanol–water partition coefficient (Wildman–Crippen LogP) is 3.88. The number of piperazine rings is 1. The van der Waals surface area contributed by atoms with Crippen LogP contribution in [0.25, 0.3) is 0 Å². The molecule has 1 aliphatic rings. The van der Waals surface area contributed by atoms with Crippen LogP contribution in [0.3, 0.4) is 0 Å². The molecule has 2 aromatic carbocycles. The van der Waals surface area contributed by atoms with Gasteiger partial charge >= 0.3 is 0 Å². The van der Waals surface area contributed by atoms with E-state index in [9.17, 15) is 10.1 Å². The minimum Gasteiger partial charge on any atom is -0.368 e. The van der Waals surface area contributed by atoms with E-state index in [0.29, 0.717) is 5.02 Å². The van der Waals surface area contributed by atoms with Gasteiger partial charge in [0.05, 0.1) is 15.6 Å². The predicted molar refractivity (Wildman–Crippen MR) is 93.7 cm³/mol. The molecule has 1 fully saturated rings. The van der Waals surface area contributed by atoms with Crippen LogP contribution in [0.4, 0.5) is 17.1 Å². The van der Waals surface area contributed by atoms with Crippen molar-refractivity contribution < 1.29 is 4.92 Å². The van der Waals surface area contributed by atoms with Crippen LogP contribution < -0.4 is 9.80 Å². The molecule has 0 aliphatic carbocycles. The molecule has 3 rings (SSSR count). The fraction of sp³-hybridized carbons (Fsp3) is 0.294. The van der Waals surface area contributed by atoms with Crippen molar-refractivity contribution >= 4 is 28.7 Å². The fourth-order valence-electron chi connectivity index (χ4n) is 2.90. The van der Waals surface area contributed by atoms with Gasteiger partial charge in [0.2, 0.25) is 0 Å². The van der Waals surface area contributed by atoms with Gasteiger partial charge < -0.3 is 9.80 Å². The van der Waals surface area contributed by atoms with E-state index in [-0.39, 0.29) is 5.69 Å². The zero-order chi connectivity index (χ0) is 16.4. The van der Waals surface area contributed by atoms with Gasteiger partial charge in [0.1, 0.15) is 0 Å². The lowest BCUT2D eigenvalue weighted by Crippen LogP contribution is -2.46. The van der Waals surface area contributed by atoms with E-state index >= 15 is 0 Å². The second-order valence-electron chi connectivity index (χ2n) is 5.71. The molecule has 0 atom stereocenters. The van der Waals surface area contributed by atoms with Crippen molar-refractivity contribution in [1.29, 1.82) is 0 Å². The molecule has 1 heterocycles. The van der Waals surface area contributed by atoms with Crippen LogP contribution in [0.2, 0.25) is 5.02 Å². The van der Waals surface area contributed by atoms with Crippen molar-refractivity contribution in [3.05, 3.63) is 63.2 Å². The Morgan fingerprint density at radius 3 is 2.35 bits per heavy atom. The number of anilines is 2. The van der Waals surface area contributed by atoms with E-state index < -0.39 is 4.92 Å². The molecule has 0 N–H and O–H groups in total. The molecular weight excluding hydrogens is 314 g/mol. The number of non-ortho nitro benzene ring substituents is 1. The van der Waals surface area contributed by atoms with E-state index in [0.717, 1.165) is 31.9 Å². The number of benzene rings is 2. The highest BCUT2D eigenvalue weighted by Gasteiger charge is 2.20. The SMILES string of the molecule is Cc1cccc(N2CCN(c3ccc([N+](=O)[O-])cc3Cl)CC2)c1. The highest BCUT2D eigenvalue weighted by Crippen LogP contribution is 2.31. The molecule has 6 heteroatoms. The smallest absolute Gasteiger partial charge is 0.271 e. The number of nitrogens with zero attached hydrogens (tertiary/aromatic N) is 3. The van der Waals surface area contributed by atoms with E-state index in [2.05, 4.69) is 41.0 Å². The van der Waals surface area contributed by atoms with Crippen LogP contribution in [0, 0.1) is 17.0 Å². The molecule has 0 bridgehead atoms. The van der Waals surface area contributed by atoms with Gasteiger partial charge in [-0.25, -0.2) is 0 Å². The summed E-state index contributed by atoms with van der Waals surface area (Å²) in [4.78, 5) is 14.9. The van der Waals surface area contributed by atoms with Crippen molar-refractivity contribution in [3.8, 4) is 0 Å². The fourth-order valence-corrected chi connectivity index (χ4v) is 3.19. The average Bonchev–Trinajstić information content (AvgIpc) is 2.55. The first-order valence-electron chi connectivity index (χ1n) is 7.55. The molecule has 120 valence electrons. The number of nitro groups is 1. The van der Waals surface area contributed by atoms with Crippen molar-refractivity contribution in [2.24, 2.45) is 0 Å². The Bertz CT molecular complexity index is 728. The zero-order valence-electron chi connectivity index (χ0n) is 12.9. The number of aryl methyl sites for hydroxylation is 1. The first-order chi connectivity index (χ1) is 11.0. The maximum atomic E-state index is 10.8. The lowest BCUT2D eigenvalue weighted by molar-refractivity contribution is -0.384. The number of hydrogen-bond acceptors (Lipinski definition) is 4. The molecule has 0 unspecified atom stereocenters. The van der Waals surface area contributed by atoms with Crippen LogP contribution in [-0.4, -0.2) is 31.1 Å². The second kappa shape index (κ2) is 6.46. The Balaban J connectivity index is 1.70. The summed E-state index contributed by atoms with van der Waals surface area (Å²) in [7, 11) is 0. The summed E-state index contributed by atoms with van der Waals surface area (Å²) in [6.07, 6.45) is 0. The first kappa shape index (κ1) is 15.6. The number of halogens is 1. The minimum absolute atomic E-state index is 0.0251. The summed E-state index contributed by atoms with van der Waals surface area (Å²) in [6.45, 7) is 5.57. The van der Waals surface area contributed by atoms with Crippen LogP contribution in [0.5, 0.6) is 0 Å². The van der Waals surface area contributed by atoms with Crippen molar-refractivity contribution in [3.63, 3.8) is 0 Å². The minimum atomic E-state index is -0.425. The number of nitro benzene ring substituents is 1. The van der Waals surface area contributed by atoms with E-state index in [1.165, 1.54) is 23.4 Å². The first-order valence-corrected chi connectivity index (χ1v) is 7.93. The Kier molecular flexibility index (Phi) is 4.39. The van der Waals surface area contributed by atoms with Crippen LogP contribution in [0.15, 0.2) is 42.5 Å². The maximum Gasteiger partial charge on any atom is 0.271 e. The van der Waals surface area contributed by atoms with Crippen LogP contribution in [0.1, 0.15) is 5.56 Å². The number of rotatable bonds is 3. The Labute approximate surface area is 140 Å². The molecule has 0 saturated carbocycles. The van der Waals surface area contributed by atoms with Crippen molar-refractivity contribution in [1.82, 2.24) is 0 Å².